The van der Waals surface area contributed by atoms with E-state index in [-0.39, 0.29) is 11.8 Å². The number of hydrogen-bond acceptors (Lipinski definition) is 2. The number of rotatable bonds is 4. The maximum absolute atomic E-state index is 11.3. The molecular formula is C19H34N2O2. The average Bonchev–Trinajstić information content (AvgIpc) is 2.44. The van der Waals surface area contributed by atoms with Crippen molar-refractivity contribution in [3.8, 4) is 0 Å². The fraction of sp³-hybridized carbons (Fsp3) is 0.895. The van der Waals surface area contributed by atoms with Crippen LogP contribution in [-0.4, -0.2) is 23.9 Å². The Morgan fingerprint density at radius 1 is 0.783 bits per heavy atom. The second-order valence-corrected chi connectivity index (χ2v) is 8.16. The van der Waals surface area contributed by atoms with Gasteiger partial charge in [0.1, 0.15) is 0 Å². The number of hydrogen-bond donors (Lipinski definition) is 2. The van der Waals surface area contributed by atoms with Crippen LogP contribution >= 0.6 is 0 Å². The van der Waals surface area contributed by atoms with Crippen molar-refractivity contribution in [1.29, 1.82) is 0 Å². The Morgan fingerprint density at radius 3 is 1.48 bits per heavy atom. The third-order valence-corrected chi connectivity index (χ3v) is 6.00. The molecule has 0 unspecified atom stereocenters. The van der Waals surface area contributed by atoms with E-state index < -0.39 is 0 Å². The molecule has 2 fully saturated rings. The first-order valence-corrected chi connectivity index (χ1v) is 9.39. The van der Waals surface area contributed by atoms with Crippen LogP contribution in [0, 0.1) is 23.7 Å². The number of amides is 2. The van der Waals surface area contributed by atoms with Gasteiger partial charge in [0.05, 0.1) is 0 Å². The van der Waals surface area contributed by atoms with Crippen molar-refractivity contribution in [2.75, 3.05) is 0 Å². The summed E-state index contributed by atoms with van der Waals surface area (Å²) in [5.74, 6) is 3.00. The molecule has 0 aromatic rings. The highest BCUT2D eigenvalue weighted by atomic mass is 16.2. The van der Waals surface area contributed by atoms with Crippen LogP contribution in [0.4, 0.5) is 0 Å². The molecule has 2 aliphatic carbocycles. The van der Waals surface area contributed by atoms with E-state index in [1.807, 2.05) is 0 Å². The Hall–Kier alpha value is -1.06. The Morgan fingerprint density at radius 2 is 1.17 bits per heavy atom. The summed E-state index contributed by atoms with van der Waals surface area (Å²) in [7, 11) is 0. The Bertz CT molecular complexity index is 386. The standard InChI is InChI=1S/C19H34N2O2/c1-12-9-16(5-7-18(12)20-14(3)22)11-17-6-8-19(13(2)10-17)21-15(4)23/h12-13,16-19H,5-11H2,1-4H3,(H,20,22)(H,21,23)/t12-,13+,16-,17+,18+,19-. The minimum absolute atomic E-state index is 0.102. The van der Waals surface area contributed by atoms with Crippen LogP contribution in [0.3, 0.4) is 0 Å². The van der Waals surface area contributed by atoms with Crippen LogP contribution in [-0.2, 0) is 9.59 Å². The summed E-state index contributed by atoms with van der Waals surface area (Å²) in [6.45, 7) is 7.80. The molecule has 0 heterocycles. The Labute approximate surface area is 141 Å². The van der Waals surface area contributed by atoms with Gasteiger partial charge in [-0.2, -0.15) is 0 Å². The van der Waals surface area contributed by atoms with Gasteiger partial charge in [-0.1, -0.05) is 13.8 Å². The highest BCUT2D eigenvalue weighted by molar-refractivity contribution is 5.73. The zero-order chi connectivity index (χ0) is 17.0. The molecule has 0 aromatic heterocycles. The first-order chi connectivity index (χ1) is 10.8. The van der Waals surface area contributed by atoms with Gasteiger partial charge in [-0.25, -0.2) is 0 Å². The van der Waals surface area contributed by atoms with E-state index in [9.17, 15) is 9.59 Å². The first kappa shape index (κ1) is 18.3. The van der Waals surface area contributed by atoms with E-state index >= 15 is 0 Å². The lowest BCUT2D eigenvalue weighted by molar-refractivity contribution is -0.121. The Kier molecular flexibility index (Phi) is 6.49. The summed E-state index contributed by atoms with van der Waals surface area (Å²) in [4.78, 5) is 22.5. The number of nitrogens with one attached hydrogen (secondary N) is 2. The summed E-state index contributed by atoms with van der Waals surface area (Å²) in [6.07, 6.45) is 8.55. The minimum atomic E-state index is 0.102. The molecule has 132 valence electrons. The monoisotopic (exact) mass is 322 g/mol. The van der Waals surface area contributed by atoms with Gasteiger partial charge in [0.15, 0.2) is 0 Å². The molecule has 0 radical (unpaired) electrons. The predicted octanol–water partition coefficient (Wildman–Crippen LogP) is 3.26. The fourth-order valence-electron chi connectivity index (χ4n) is 4.87. The molecule has 2 amide bonds. The molecular weight excluding hydrogens is 288 g/mol. The third kappa shape index (κ3) is 5.50. The highest BCUT2D eigenvalue weighted by Gasteiger charge is 2.33. The van der Waals surface area contributed by atoms with Crippen molar-refractivity contribution >= 4 is 11.8 Å². The smallest absolute Gasteiger partial charge is 0.217 e. The second kappa shape index (κ2) is 8.16. The van der Waals surface area contributed by atoms with Crippen LogP contribution in [0.5, 0.6) is 0 Å². The van der Waals surface area contributed by atoms with E-state index in [4.69, 9.17) is 0 Å². The SMILES string of the molecule is CC(=O)N[C@H]1CC[C@@H](C[C@H]2CC[C@@H](NC(C)=O)[C@@H](C)C2)C[C@H]1C. The van der Waals surface area contributed by atoms with Crippen LogP contribution in [0.15, 0.2) is 0 Å². The normalized spacial score (nSPS) is 37.9. The van der Waals surface area contributed by atoms with Crippen molar-refractivity contribution in [1.82, 2.24) is 10.6 Å². The van der Waals surface area contributed by atoms with Gasteiger partial charge in [0.2, 0.25) is 11.8 Å². The fourth-order valence-corrected chi connectivity index (χ4v) is 4.87. The highest BCUT2D eigenvalue weighted by Crippen LogP contribution is 2.38. The summed E-state index contributed by atoms with van der Waals surface area (Å²) in [5.41, 5.74) is 0. The molecule has 0 aromatic carbocycles. The van der Waals surface area contributed by atoms with Crippen LogP contribution in [0.2, 0.25) is 0 Å². The van der Waals surface area contributed by atoms with Gasteiger partial charge in [-0.05, 0) is 68.6 Å². The molecule has 23 heavy (non-hydrogen) atoms. The predicted molar refractivity (Wildman–Crippen MR) is 92.8 cm³/mol. The summed E-state index contributed by atoms with van der Waals surface area (Å²) in [6, 6.07) is 0.747. The molecule has 2 saturated carbocycles. The van der Waals surface area contributed by atoms with Crippen LogP contribution in [0.25, 0.3) is 0 Å². The van der Waals surface area contributed by atoms with Gasteiger partial charge in [-0.3, -0.25) is 9.59 Å². The zero-order valence-corrected chi connectivity index (χ0v) is 15.2. The Balaban J connectivity index is 1.76. The lowest BCUT2D eigenvalue weighted by Gasteiger charge is -2.39. The van der Waals surface area contributed by atoms with Crippen molar-refractivity contribution in [3.05, 3.63) is 0 Å². The van der Waals surface area contributed by atoms with Gasteiger partial charge in [0.25, 0.3) is 0 Å². The van der Waals surface area contributed by atoms with E-state index in [1.165, 1.54) is 32.1 Å². The zero-order valence-electron chi connectivity index (χ0n) is 15.2. The molecule has 2 rings (SSSR count). The van der Waals surface area contributed by atoms with Gasteiger partial charge in [0, 0.05) is 25.9 Å². The maximum atomic E-state index is 11.3. The molecule has 0 aliphatic heterocycles. The molecule has 0 bridgehead atoms. The van der Waals surface area contributed by atoms with Crippen molar-refractivity contribution < 1.29 is 9.59 Å². The lowest BCUT2D eigenvalue weighted by Crippen LogP contribution is -2.43. The van der Waals surface area contributed by atoms with Crippen molar-refractivity contribution in [2.24, 2.45) is 23.7 Å². The lowest BCUT2D eigenvalue weighted by atomic mass is 9.70. The summed E-state index contributed by atoms with van der Waals surface area (Å²) in [5, 5.41) is 6.22. The van der Waals surface area contributed by atoms with E-state index in [1.54, 1.807) is 13.8 Å². The van der Waals surface area contributed by atoms with Crippen molar-refractivity contribution in [3.63, 3.8) is 0 Å². The largest absolute Gasteiger partial charge is 0.353 e. The molecule has 4 nitrogen and oxygen atoms in total. The van der Waals surface area contributed by atoms with E-state index in [0.717, 1.165) is 24.7 Å². The van der Waals surface area contributed by atoms with Gasteiger partial charge in [-0.15, -0.1) is 0 Å². The quantitative estimate of drug-likeness (QED) is 0.834. The van der Waals surface area contributed by atoms with Gasteiger partial charge >= 0.3 is 0 Å². The molecule has 4 heteroatoms. The molecule has 0 saturated heterocycles. The second-order valence-electron chi connectivity index (χ2n) is 8.16. The topological polar surface area (TPSA) is 58.2 Å². The number of carbonyl (C=O) groups is 2. The van der Waals surface area contributed by atoms with Gasteiger partial charge < -0.3 is 10.6 Å². The van der Waals surface area contributed by atoms with E-state index in [2.05, 4.69) is 24.5 Å². The minimum Gasteiger partial charge on any atom is -0.353 e. The van der Waals surface area contributed by atoms with Crippen molar-refractivity contribution in [2.45, 2.75) is 84.7 Å². The van der Waals surface area contributed by atoms with Crippen LogP contribution in [0.1, 0.15) is 72.6 Å². The summed E-state index contributed by atoms with van der Waals surface area (Å²) < 4.78 is 0. The first-order valence-electron chi connectivity index (χ1n) is 9.39. The molecule has 6 atom stereocenters. The molecule has 0 spiro atoms. The third-order valence-electron chi connectivity index (χ3n) is 6.00. The molecule has 2 aliphatic rings. The van der Waals surface area contributed by atoms with Crippen LogP contribution < -0.4 is 10.6 Å². The maximum Gasteiger partial charge on any atom is 0.217 e. The summed E-state index contributed by atoms with van der Waals surface area (Å²) >= 11 is 0. The number of carbonyl (C=O) groups excluding carboxylic acids is 2. The average molecular weight is 322 g/mol. The van der Waals surface area contributed by atoms with E-state index in [0.29, 0.717) is 23.9 Å². The molecule has 2 N–H and O–H groups in total.